The third-order valence-corrected chi connectivity index (χ3v) is 5.85. The highest BCUT2D eigenvalue weighted by Crippen LogP contribution is 2.28. The highest BCUT2D eigenvalue weighted by atomic mass is 32.2. The number of nitro groups is 1. The van der Waals surface area contributed by atoms with Crippen molar-refractivity contribution in [3.8, 4) is 0 Å². The molecule has 116 valence electrons. The van der Waals surface area contributed by atoms with Crippen LogP contribution < -0.4 is 5.32 Å². The average Bonchev–Trinajstić information content (AvgIpc) is 2.41. The molecule has 1 heterocycles. The molecule has 0 amide bonds. The van der Waals surface area contributed by atoms with Crippen molar-refractivity contribution in [2.24, 2.45) is 0 Å². The van der Waals surface area contributed by atoms with Gasteiger partial charge in [0, 0.05) is 37.3 Å². The third-order valence-electron chi connectivity index (χ3n) is 3.86. The zero-order valence-corrected chi connectivity index (χ0v) is 13.1. The molecule has 0 radical (unpaired) electrons. The smallest absolute Gasteiger partial charge is 0.273 e. The Bertz CT molecular complexity index is 672. The van der Waals surface area contributed by atoms with Crippen molar-refractivity contribution in [1.82, 2.24) is 9.62 Å². The molecule has 0 aliphatic carbocycles. The molecular formula is C13H19N3O4S. The quantitative estimate of drug-likeness (QED) is 0.668. The molecule has 1 aliphatic rings. The van der Waals surface area contributed by atoms with E-state index in [2.05, 4.69) is 5.32 Å². The van der Waals surface area contributed by atoms with Crippen molar-refractivity contribution >= 4 is 15.7 Å². The van der Waals surface area contributed by atoms with Crippen LogP contribution in [0.3, 0.4) is 0 Å². The summed E-state index contributed by atoms with van der Waals surface area (Å²) in [6.07, 6.45) is 0. The topological polar surface area (TPSA) is 92.6 Å². The lowest BCUT2D eigenvalue weighted by Crippen LogP contribution is -2.52. The van der Waals surface area contributed by atoms with Crippen molar-refractivity contribution in [3.05, 3.63) is 33.4 Å². The Balaban J connectivity index is 2.52. The minimum Gasteiger partial charge on any atom is -0.314 e. The van der Waals surface area contributed by atoms with Gasteiger partial charge in [-0.05, 0) is 32.4 Å². The first-order valence-electron chi connectivity index (χ1n) is 6.73. The van der Waals surface area contributed by atoms with Crippen LogP contribution in [-0.4, -0.2) is 43.3 Å². The summed E-state index contributed by atoms with van der Waals surface area (Å²) in [7, 11) is -3.72. The molecule has 0 spiro atoms. The predicted molar refractivity (Wildman–Crippen MR) is 78.8 cm³/mol. The summed E-state index contributed by atoms with van der Waals surface area (Å²) < 4.78 is 26.8. The lowest BCUT2D eigenvalue weighted by atomic mass is 10.1. The van der Waals surface area contributed by atoms with E-state index < -0.39 is 14.9 Å². The Kier molecular flexibility index (Phi) is 4.31. The van der Waals surface area contributed by atoms with Crippen molar-refractivity contribution in [3.63, 3.8) is 0 Å². The van der Waals surface area contributed by atoms with Gasteiger partial charge in [0.25, 0.3) is 5.69 Å². The molecule has 0 aromatic heterocycles. The number of piperazine rings is 1. The van der Waals surface area contributed by atoms with E-state index in [1.165, 1.54) is 10.4 Å². The minimum atomic E-state index is -3.72. The van der Waals surface area contributed by atoms with E-state index in [1.54, 1.807) is 13.8 Å². The van der Waals surface area contributed by atoms with Gasteiger partial charge in [0.15, 0.2) is 0 Å². The van der Waals surface area contributed by atoms with Crippen LogP contribution in [0.4, 0.5) is 5.69 Å². The van der Waals surface area contributed by atoms with Crippen LogP contribution in [0.15, 0.2) is 17.0 Å². The van der Waals surface area contributed by atoms with Gasteiger partial charge in [-0.25, -0.2) is 8.42 Å². The molecular weight excluding hydrogens is 294 g/mol. The fourth-order valence-electron chi connectivity index (χ4n) is 2.46. The summed E-state index contributed by atoms with van der Waals surface area (Å²) in [5.74, 6) is 0. The minimum absolute atomic E-state index is 0.00829. The number of nitrogens with one attached hydrogen (secondary N) is 1. The Morgan fingerprint density at radius 1 is 1.38 bits per heavy atom. The number of sulfonamides is 1. The molecule has 8 heteroatoms. The first-order valence-corrected chi connectivity index (χ1v) is 8.17. The number of hydrogen-bond acceptors (Lipinski definition) is 5. The maximum atomic E-state index is 12.7. The van der Waals surface area contributed by atoms with Crippen LogP contribution in [-0.2, 0) is 10.0 Å². The summed E-state index contributed by atoms with van der Waals surface area (Å²) in [6.45, 7) is 6.64. The van der Waals surface area contributed by atoms with Crippen LogP contribution in [0.25, 0.3) is 0 Å². The molecule has 1 aromatic carbocycles. The molecule has 1 fully saturated rings. The lowest BCUT2D eigenvalue weighted by molar-refractivity contribution is -0.385. The van der Waals surface area contributed by atoms with Crippen LogP contribution in [0.5, 0.6) is 0 Å². The van der Waals surface area contributed by atoms with E-state index in [4.69, 9.17) is 0 Å². The largest absolute Gasteiger partial charge is 0.314 e. The molecule has 1 aliphatic heterocycles. The summed E-state index contributed by atoms with van der Waals surface area (Å²) in [5, 5.41) is 14.2. The van der Waals surface area contributed by atoms with Gasteiger partial charge in [-0.1, -0.05) is 0 Å². The molecule has 2 rings (SSSR count). The normalized spacial score (nSPS) is 20.4. The first-order chi connectivity index (χ1) is 9.75. The second kappa shape index (κ2) is 5.70. The number of nitrogens with zero attached hydrogens (tertiary/aromatic N) is 2. The zero-order chi connectivity index (χ0) is 15.8. The highest BCUT2D eigenvalue weighted by Gasteiger charge is 2.32. The predicted octanol–water partition coefficient (Wildman–Crippen LogP) is 1.19. The van der Waals surface area contributed by atoms with Crippen LogP contribution >= 0.6 is 0 Å². The molecule has 21 heavy (non-hydrogen) atoms. The lowest BCUT2D eigenvalue weighted by Gasteiger charge is -2.32. The summed E-state index contributed by atoms with van der Waals surface area (Å²) in [6, 6.07) is 2.49. The van der Waals surface area contributed by atoms with E-state index in [9.17, 15) is 18.5 Å². The number of hydrogen-bond donors (Lipinski definition) is 1. The molecule has 1 aromatic rings. The fraction of sp³-hybridized carbons (Fsp3) is 0.538. The fourth-order valence-corrected chi connectivity index (χ4v) is 4.20. The average molecular weight is 313 g/mol. The maximum Gasteiger partial charge on any atom is 0.273 e. The molecule has 1 N–H and O–H groups in total. The second-order valence-corrected chi connectivity index (χ2v) is 7.20. The van der Waals surface area contributed by atoms with Gasteiger partial charge in [0.2, 0.25) is 10.0 Å². The van der Waals surface area contributed by atoms with E-state index in [0.29, 0.717) is 30.8 Å². The summed E-state index contributed by atoms with van der Waals surface area (Å²) in [4.78, 5) is 10.5. The van der Waals surface area contributed by atoms with Crippen LogP contribution in [0.2, 0.25) is 0 Å². The molecule has 1 saturated heterocycles. The number of rotatable bonds is 3. The van der Waals surface area contributed by atoms with Crippen molar-refractivity contribution in [1.29, 1.82) is 0 Å². The Labute approximate surface area is 124 Å². The zero-order valence-electron chi connectivity index (χ0n) is 12.3. The molecule has 7 nitrogen and oxygen atoms in total. The van der Waals surface area contributed by atoms with Gasteiger partial charge in [-0.3, -0.25) is 10.1 Å². The van der Waals surface area contributed by atoms with Crippen LogP contribution in [0, 0.1) is 24.0 Å². The van der Waals surface area contributed by atoms with Gasteiger partial charge in [-0.2, -0.15) is 4.31 Å². The van der Waals surface area contributed by atoms with Crippen molar-refractivity contribution in [2.75, 3.05) is 19.6 Å². The number of benzene rings is 1. The van der Waals surface area contributed by atoms with Gasteiger partial charge in [-0.15, -0.1) is 0 Å². The number of aryl methyl sites for hydroxylation is 1. The van der Waals surface area contributed by atoms with Gasteiger partial charge < -0.3 is 5.32 Å². The molecule has 0 bridgehead atoms. The summed E-state index contributed by atoms with van der Waals surface area (Å²) in [5.41, 5.74) is 0.939. The summed E-state index contributed by atoms with van der Waals surface area (Å²) >= 11 is 0. The first kappa shape index (κ1) is 15.9. The van der Waals surface area contributed by atoms with Crippen molar-refractivity contribution in [2.45, 2.75) is 31.7 Å². The Hall–Kier alpha value is -1.51. The van der Waals surface area contributed by atoms with Gasteiger partial charge in [0.1, 0.15) is 0 Å². The Morgan fingerprint density at radius 3 is 2.62 bits per heavy atom. The van der Waals surface area contributed by atoms with Gasteiger partial charge >= 0.3 is 0 Å². The molecule has 0 saturated carbocycles. The van der Waals surface area contributed by atoms with Crippen LogP contribution in [0.1, 0.15) is 18.1 Å². The third kappa shape index (κ3) is 2.92. The van der Waals surface area contributed by atoms with E-state index in [0.717, 1.165) is 6.07 Å². The Morgan fingerprint density at radius 2 is 2.05 bits per heavy atom. The maximum absolute atomic E-state index is 12.7. The highest BCUT2D eigenvalue weighted by molar-refractivity contribution is 7.89. The monoisotopic (exact) mass is 313 g/mol. The second-order valence-electron chi connectivity index (χ2n) is 5.31. The van der Waals surface area contributed by atoms with Gasteiger partial charge in [0.05, 0.1) is 9.82 Å². The molecule has 1 atom stereocenters. The van der Waals surface area contributed by atoms with E-state index >= 15 is 0 Å². The van der Waals surface area contributed by atoms with E-state index in [-0.39, 0.29) is 16.6 Å². The van der Waals surface area contributed by atoms with E-state index in [1.807, 2.05) is 6.92 Å². The standard InChI is InChI=1S/C13H19N3O4S/c1-9-6-12(7-13(11(9)3)16(17)18)21(19,20)15-5-4-14-8-10(15)2/h6-7,10,14H,4-5,8H2,1-3H3/t10-/m0/s1. The molecule has 0 unspecified atom stereocenters. The van der Waals surface area contributed by atoms with Crippen molar-refractivity contribution < 1.29 is 13.3 Å². The number of nitro benzene ring substituents is 1. The SMILES string of the molecule is Cc1cc(S(=O)(=O)N2CCNC[C@@H]2C)cc([N+](=O)[O-])c1C.